The number of carbonyl (C=O) groups is 1. The summed E-state index contributed by atoms with van der Waals surface area (Å²) in [5.74, 6) is -0.474. The molecule has 0 aromatic carbocycles. The lowest BCUT2D eigenvalue weighted by molar-refractivity contribution is 0.0995. The zero-order valence-electron chi connectivity index (χ0n) is 9.08. The Morgan fingerprint density at radius 3 is 2.43 bits per heavy atom. The summed E-state index contributed by atoms with van der Waals surface area (Å²) in [6.07, 6.45) is 3.77. The summed E-state index contributed by atoms with van der Waals surface area (Å²) < 4.78 is 0. The van der Waals surface area contributed by atoms with Crippen LogP contribution < -0.4 is 5.73 Å². The Balaban J connectivity index is 0.000000791. The molecule has 0 radical (unpaired) electrons. The molecule has 1 aromatic heterocycles. The Labute approximate surface area is 85.3 Å². The molecule has 0 bridgehead atoms. The van der Waals surface area contributed by atoms with Crippen LogP contribution in [0.3, 0.4) is 0 Å². The second-order valence-corrected chi connectivity index (χ2v) is 2.67. The molecule has 1 aromatic rings. The molecular formula is C11H18N2O. The van der Waals surface area contributed by atoms with Crippen molar-refractivity contribution in [2.24, 2.45) is 5.73 Å². The predicted octanol–water partition coefficient (Wildman–Crippen LogP) is 2.16. The van der Waals surface area contributed by atoms with Gasteiger partial charge in [-0.15, -0.1) is 0 Å². The van der Waals surface area contributed by atoms with Gasteiger partial charge in [0.15, 0.2) is 0 Å². The molecule has 1 amide bonds. The molecule has 0 fully saturated rings. The first kappa shape index (κ1) is 12.6. The van der Waals surface area contributed by atoms with E-state index in [1.54, 1.807) is 12.3 Å². The van der Waals surface area contributed by atoms with Crippen LogP contribution in [0.2, 0.25) is 0 Å². The standard InChI is InChI=1S/C9H12N2O.C2H6/c1-2-3-7-4-5-8(9(10)12)11-6-7;1-2/h4-6H,2-3H2,1H3,(H2,10,12);1-2H3. The van der Waals surface area contributed by atoms with Gasteiger partial charge in [-0.2, -0.15) is 0 Å². The molecule has 3 heteroatoms. The van der Waals surface area contributed by atoms with E-state index in [1.165, 1.54) is 0 Å². The fourth-order valence-electron chi connectivity index (χ4n) is 1.01. The minimum Gasteiger partial charge on any atom is -0.364 e. The number of rotatable bonds is 3. The van der Waals surface area contributed by atoms with Gasteiger partial charge in [0.1, 0.15) is 5.69 Å². The number of amides is 1. The summed E-state index contributed by atoms with van der Waals surface area (Å²) in [4.78, 5) is 14.6. The summed E-state index contributed by atoms with van der Waals surface area (Å²) in [6, 6.07) is 3.55. The summed E-state index contributed by atoms with van der Waals surface area (Å²) >= 11 is 0. The average Bonchev–Trinajstić information content (AvgIpc) is 2.22. The van der Waals surface area contributed by atoms with Crippen LogP contribution in [0.5, 0.6) is 0 Å². The molecule has 0 aliphatic carbocycles. The zero-order valence-corrected chi connectivity index (χ0v) is 9.08. The molecule has 3 nitrogen and oxygen atoms in total. The Bertz CT molecular complexity index is 267. The number of aromatic nitrogens is 1. The maximum atomic E-state index is 10.6. The highest BCUT2D eigenvalue weighted by Gasteiger charge is 2.00. The molecule has 0 spiro atoms. The highest BCUT2D eigenvalue weighted by Crippen LogP contribution is 2.02. The minimum atomic E-state index is -0.474. The van der Waals surface area contributed by atoms with Crippen molar-refractivity contribution in [1.82, 2.24) is 4.98 Å². The van der Waals surface area contributed by atoms with Gasteiger partial charge in [-0.1, -0.05) is 33.3 Å². The van der Waals surface area contributed by atoms with Crippen LogP contribution in [-0.4, -0.2) is 10.9 Å². The average molecular weight is 194 g/mol. The maximum absolute atomic E-state index is 10.6. The van der Waals surface area contributed by atoms with Crippen molar-refractivity contribution in [3.05, 3.63) is 29.6 Å². The second kappa shape index (κ2) is 7.06. The molecule has 0 saturated carbocycles. The van der Waals surface area contributed by atoms with Gasteiger partial charge in [0, 0.05) is 6.20 Å². The van der Waals surface area contributed by atoms with E-state index in [0.29, 0.717) is 5.69 Å². The Hall–Kier alpha value is -1.38. The zero-order chi connectivity index (χ0) is 11.0. The molecule has 0 atom stereocenters. The minimum absolute atomic E-state index is 0.329. The van der Waals surface area contributed by atoms with E-state index in [-0.39, 0.29) is 0 Å². The number of primary amides is 1. The molecule has 14 heavy (non-hydrogen) atoms. The van der Waals surface area contributed by atoms with Crippen molar-refractivity contribution in [2.75, 3.05) is 0 Å². The lowest BCUT2D eigenvalue weighted by Gasteiger charge is -1.97. The normalized spacial score (nSPS) is 8.79. The van der Waals surface area contributed by atoms with Crippen molar-refractivity contribution in [2.45, 2.75) is 33.6 Å². The Morgan fingerprint density at radius 2 is 2.07 bits per heavy atom. The molecule has 0 saturated heterocycles. The van der Waals surface area contributed by atoms with Gasteiger partial charge in [-0.05, 0) is 18.1 Å². The largest absolute Gasteiger partial charge is 0.364 e. The first-order valence-electron chi connectivity index (χ1n) is 4.98. The van der Waals surface area contributed by atoms with Crippen LogP contribution in [-0.2, 0) is 6.42 Å². The molecule has 0 aliphatic rings. The number of nitrogens with two attached hydrogens (primary N) is 1. The third-order valence-electron chi connectivity index (χ3n) is 1.62. The number of pyridine rings is 1. The molecule has 78 valence electrons. The lowest BCUT2D eigenvalue weighted by atomic mass is 10.1. The van der Waals surface area contributed by atoms with Crippen LogP contribution >= 0.6 is 0 Å². The predicted molar refractivity (Wildman–Crippen MR) is 58.1 cm³/mol. The molecule has 1 rings (SSSR count). The van der Waals surface area contributed by atoms with Crippen molar-refractivity contribution < 1.29 is 4.79 Å². The number of aryl methyl sites for hydroxylation is 1. The molecular weight excluding hydrogens is 176 g/mol. The van der Waals surface area contributed by atoms with Crippen LogP contribution in [0.1, 0.15) is 43.2 Å². The maximum Gasteiger partial charge on any atom is 0.267 e. The van der Waals surface area contributed by atoms with Crippen LogP contribution in [0.15, 0.2) is 18.3 Å². The topological polar surface area (TPSA) is 56.0 Å². The van der Waals surface area contributed by atoms with E-state index in [0.717, 1.165) is 18.4 Å². The number of hydrogen-bond donors (Lipinski definition) is 1. The number of nitrogens with zero attached hydrogens (tertiary/aromatic N) is 1. The quantitative estimate of drug-likeness (QED) is 0.801. The van der Waals surface area contributed by atoms with Crippen LogP contribution in [0.25, 0.3) is 0 Å². The van der Waals surface area contributed by atoms with Crippen LogP contribution in [0, 0.1) is 0 Å². The Kier molecular flexibility index (Phi) is 6.37. The summed E-state index contributed by atoms with van der Waals surface area (Å²) in [5.41, 5.74) is 6.51. The molecule has 2 N–H and O–H groups in total. The lowest BCUT2D eigenvalue weighted by Crippen LogP contribution is -2.12. The van der Waals surface area contributed by atoms with E-state index in [2.05, 4.69) is 11.9 Å². The van der Waals surface area contributed by atoms with E-state index >= 15 is 0 Å². The molecule has 0 unspecified atom stereocenters. The summed E-state index contributed by atoms with van der Waals surface area (Å²) in [5, 5.41) is 0. The monoisotopic (exact) mass is 194 g/mol. The van der Waals surface area contributed by atoms with Crippen molar-refractivity contribution >= 4 is 5.91 Å². The van der Waals surface area contributed by atoms with Gasteiger partial charge in [0.05, 0.1) is 0 Å². The highest BCUT2D eigenvalue weighted by molar-refractivity contribution is 5.90. The second-order valence-electron chi connectivity index (χ2n) is 2.67. The Morgan fingerprint density at radius 1 is 1.43 bits per heavy atom. The smallest absolute Gasteiger partial charge is 0.267 e. The van der Waals surface area contributed by atoms with E-state index in [9.17, 15) is 4.79 Å². The van der Waals surface area contributed by atoms with Gasteiger partial charge >= 0.3 is 0 Å². The molecule has 0 aliphatic heterocycles. The van der Waals surface area contributed by atoms with Gasteiger partial charge in [0.25, 0.3) is 5.91 Å². The van der Waals surface area contributed by atoms with Gasteiger partial charge < -0.3 is 5.73 Å². The first-order valence-corrected chi connectivity index (χ1v) is 4.98. The van der Waals surface area contributed by atoms with E-state index < -0.39 is 5.91 Å². The highest BCUT2D eigenvalue weighted by atomic mass is 16.1. The van der Waals surface area contributed by atoms with Crippen LogP contribution in [0.4, 0.5) is 0 Å². The third kappa shape index (κ3) is 4.03. The van der Waals surface area contributed by atoms with Crippen molar-refractivity contribution in [3.8, 4) is 0 Å². The third-order valence-corrected chi connectivity index (χ3v) is 1.62. The van der Waals surface area contributed by atoms with E-state index in [1.807, 2.05) is 19.9 Å². The first-order chi connectivity index (χ1) is 6.74. The summed E-state index contributed by atoms with van der Waals surface area (Å²) in [6.45, 7) is 6.10. The summed E-state index contributed by atoms with van der Waals surface area (Å²) in [7, 11) is 0. The fraction of sp³-hybridized carbons (Fsp3) is 0.455. The van der Waals surface area contributed by atoms with Gasteiger partial charge in [-0.25, -0.2) is 0 Å². The number of hydrogen-bond acceptors (Lipinski definition) is 2. The van der Waals surface area contributed by atoms with Crippen molar-refractivity contribution in [1.29, 1.82) is 0 Å². The fourth-order valence-corrected chi connectivity index (χ4v) is 1.01. The SMILES string of the molecule is CC.CCCc1ccc(C(N)=O)nc1. The van der Waals surface area contributed by atoms with E-state index in [4.69, 9.17) is 5.73 Å². The van der Waals surface area contributed by atoms with Crippen molar-refractivity contribution in [3.63, 3.8) is 0 Å². The van der Waals surface area contributed by atoms with Gasteiger partial charge in [-0.3, -0.25) is 9.78 Å². The number of carbonyl (C=O) groups excluding carboxylic acids is 1. The van der Waals surface area contributed by atoms with Gasteiger partial charge in [0.2, 0.25) is 0 Å². The molecule has 1 heterocycles.